The van der Waals surface area contributed by atoms with Crippen molar-refractivity contribution in [3.05, 3.63) is 29.8 Å². The number of benzene rings is 1. The zero-order valence-corrected chi connectivity index (χ0v) is 11.5. The van der Waals surface area contributed by atoms with Gasteiger partial charge in [0.05, 0.1) is 12.7 Å². The fourth-order valence-electron chi connectivity index (χ4n) is 1.48. The van der Waals surface area contributed by atoms with Crippen molar-refractivity contribution >= 4 is 11.6 Å². The lowest BCUT2D eigenvalue weighted by Crippen LogP contribution is -2.24. The predicted molar refractivity (Wildman–Crippen MR) is 72.0 cm³/mol. The Labute approximate surface area is 109 Å². The van der Waals surface area contributed by atoms with Crippen molar-refractivity contribution in [1.82, 2.24) is 0 Å². The molecule has 0 radical (unpaired) electrons. The summed E-state index contributed by atoms with van der Waals surface area (Å²) < 4.78 is 11.2. The molecule has 96 valence electrons. The highest BCUT2D eigenvalue weighted by molar-refractivity contribution is 6.18. The molecule has 1 aromatic rings. The van der Waals surface area contributed by atoms with Crippen LogP contribution in [-0.4, -0.2) is 25.2 Å². The Bertz CT molecular complexity index is 326. The number of rotatable bonds is 7. The third-order valence-electron chi connectivity index (χ3n) is 2.57. The molecule has 1 unspecified atom stereocenters. The fraction of sp³-hybridized carbons (Fsp3) is 0.571. The highest BCUT2D eigenvalue weighted by Crippen LogP contribution is 2.12. The summed E-state index contributed by atoms with van der Waals surface area (Å²) in [6, 6.07) is 8.00. The van der Waals surface area contributed by atoms with Gasteiger partial charge in [-0.2, -0.15) is 0 Å². The lowest BCUT2D eigenvalue weighted by molar-refractivity contribution is 0.0209. The topological polar surface area (TPSA) is 18.5 Å². The van der Waals surface area contributed by atoms with Gasteiger partial charge < -0.3 is 9.47 Å². The second-order valence-corrected chi connectivity index (χ2v) is 4.78. The van der Waals surface area contributed by atoms with E-state index in [1.54, 1.807) is 0 Å². The van der Waals surface area contributed by atoms with Gasteiger partial charge in [0.25, 0.3) is 0 Å². The third kappa shape index (κ3) is 5.42. The number of ether oxygens (including phenoxy) is 2. The minimum absolute atomic E-state index is 0.109. The maximum atomic E-state index is 5.81. The highest BCUT2D eigenvalue weighted by Gasteiger charge is 2.11. The van der Waals surface area contributed by atoms with Crippen molar-refractivity contribution in [3.63, 3.8) is 0 Å². The van der Waals surface area contributed by atoms with Crippen LogP contribution in [0.25, 0.3) is 0 Å². The molecule has 3 heteroatoms. The molecule has 0 aromatic heterocycles. The SMILES string of the molecule is Cc1cccc(OCCOC(CCl)C(C)C)c1. The maximum absolute atomic E-state index is 5.81. The first-order valence-corrected chi connectivity index (χ1v) is 6.54. The van der Waals surface area contributed by atoms with E-state index in [0.29, 0.717) is 25.0 Å². The van der Waals surface area contributed by atoms with Crippen molar-refractivity contribution in [2.24, 2.45) is 5.92 Å². The molecule has 0 aliphatic rings. The Morgan fingerprint density at radius 1 is 1.24 bits per heavy atom. The molecule has 0 amide bonds. The molecule has 0 aliphatic heterocycles. The Hall–Kier alpha value is -0.730. The van der Waals surface area contributed by atoms with Crippen LogP contribution in [-0.2, 0) is 4.74 Å². The van der Waals surface area contributed by atoms with Crippen molar-refractivity contribution in [1.29, 1.82) is 0 Å². The first-order valence-electron chi connectivity index (χ1n) is 6.00. The number of hydrogen-bond donors (Lipinski definition) is 0. The molecule has 1 atom stereocenters. The van der Waals surface area contributed by atoms with Crippen LogP contribution in [0.1, 0.15) is 19.4 Å². The summed E-state index contributed by atoms with van der Waals surface area (Å²) in [6.45, 7) is 7.39. The van der Waals surface area contributed by atoms with E-state index in [2.05, 4.69) is 13.8 Å². The van der Waals surface area contributed by atoms with Crippen molar-refractivity contribution < 1.29 is 9.47 Å². The lowest BCUT2D eigenvalue weighted by Gasteiger charge is -2.18. The Morgan fingerprint density at radius 2 is 2.00 bits per heavy atom. The second kappa shape index (κ2) is 7.57. The number of alkyl halides is 1. The van der Waals surface area contributed by atoms with Gasteiger partial charge in [-0.25, -0.2) is 0 Å². The van der Waals surface area contributed by atoms with E-state index in [1.165, 1.54) is 5.56 Å². The molecule has 0 bridgehead atoms. The fourth-order valence-corrected chi connectivity index (χ4v) is 1.92. The number of aryl methyl sites for hydroxylation is 1. The molecule has 1 rings (SSSR count). The van der Waals surface area contributed by atoms with Crippen LogP contribution < -0.4 is 4.74 Å². The van der Waals surface area contributed by atoms with E-state index in [-0.39, 0.29) is 6.10 Å². The summed E-state index contributed by atoms with van der Waals surface area (Å²) in [6.07, 6.45) is 0.109. The molecule has 0 saturated heterocycles. The van der Waals surface area contributed by atoms with Crippen molar-refractivity contribution in [2.45, 2.75) is 26.9 Å². The van der Waals surface area contributed by atoms with E-state index < -0.39 is 0 Å². The number of halogens is 1. The molecular weight excluding hydrogens is 236 g/mol. The normalized spacial score (nSPS) is 12.8. The molecule has 0 saturated carbocycles. The zero-order chi connectivity index (χ0) is 12.7. The van der Waals surface area contributed by atoms with Gasteiger partial charge in [-0.05, 0) is 30.5 Å². The van der Waals surface area contributed by atoms with Gasteiger partial charge in [-0.1, -0.05) is 26.0 Å². The molecule has 1 aromatic carbocycles. The smallest absolute Gasteiger partial charge is 0.119 e. The van der Waals surface area contributed by atoms with Crippen molar-refractivity contribution in [2.75, 3.05) is 19.1 Å². The van der Waals surface area contributed by atoms with Gasteiger partial charge in [-0.15, -0.1) is 11.6 Å². The third-order valence-corrected chi connectivity index (χ3v) is 2.87. The average Bonchev–Trinajstić information content (AvgIpc) is 2.28. The molecule has 0 heterocycles. The Balaban J connectivity index is 2.24. The van der Waals surface area contributed by atoms with Crippen LogP contribution in [0.15, 0.2) is 24.3 Å². The van der Waals surface area contributed by atoms with E-state index >= 15 is 0 Å². The van der Waals surface area contributed by atoms with Crippen LogP contribution in [0.3, 0.4) is 0 Å². The van der Waals surface area contributed by atoms with Gasteiger partial charge in [0.2, 0.25) is 0 Å². The molecule has 0 aliphatic carbocycles. The first-order chi connectivity index (χ1) is 8.13. The van der Waals surface area contributed by atoms with Crippen LogP contribution in [0.5, 0.6) is 5.75 Å². The van der Waals surface area contributed by atoms with Gasteiger partial charge in [0.15, 0.2) is 0 Å². The number of hydrogen-bond acceptors (Lipinski definition) is 2. The minimum Gasteiger partial charge on any atom is -0.491 e. The van der Waals surface area contributed by atoms with Gasteiger partial charge >= 0.3 is 0 Å². The van der Waals surface area contributed by atoms with Crippen LogP contribution in [0.2, 0.25) is 0 Å². The standard InChI is InChI=1S/C14H21ClO2/c1-11(2)14(10-15)17-8-7-16-13-6-4-5-12(3)9-13/h4-6,9,11,14H,7-8,10H2,1-3H3. The molecule has 0 spiro atoms. The van der Waals surface area contributed by atoms with E-state index in [4.69, 9.17) is 21.1 Å². The summed E-state index contributed by atoms with van der Waals surface area (Å²) in [4.78, 5) is 0. The second-order valence-electron chi connectivity index (χ2n) is 4.47. The molecule has 17 heavy (non-hydrogen) atoms. The van der Waals surface area contributed by atoms with E-state index in [1.807, 2.05) is 31.2 Å². The summed E-state index contributed by atoms with van der Waals surface area (Å²) in [5, 5.41) is 0. The largest absolute Gasteiger partial charge is 0.491 e. The molecular formula is C14H21ClO2. The Morgan fingerprint density at radius 3 is 2.59 bits per heavy atom. The quantitative estimate of drug-likeness (QED) is 0.548. The first kappa shape index (κ1) is 14.3. The van der Waals surface area contributed by atoms with Crippen LogP contribution in [0, 0.1) is 12.8 Å². The minimum atomic E-state index is 0.109. The lowest BCUT2D eigenvalue weighted by atomic mass is 10.1. The summed E-state index contributed by atoms with van der Waals surface area (Å²) >= 11 is 5.81. The Kier molecular flexibility index (Phi) is 6.38. The molecule has 2 nitrogen and oxygen atoms in total. The van der Waals surface area contributed by atoms with Crippen molar-refractivity contribution in [3.8, 4) is 5.75 Å². The van der Waals surface area contributed by atoms with Gasteiger partial charge in [0, 0.05) is 5.88 Å². The monoisotopic (exact) mass is 256 g/mol. The summed E-state index contributed by atoms with van der Waals surface area (Å²) in [7, 11) is 0. The van der Waals surface area contributed by atoms with E-state index in [0.717, 1.165) is 5.75 Å². The van der Waals surface area contributed by atoms with E-state index in [9.17, 15) is 0 Å². The zero-order valence-electron chi connectivity index (χ0n) is 10.8. The maximum Gasteiger partial charge on any atom is 0.119 e. The summed E-state index contributed by atoms with van der Waals surface area (Å²) in [5.74, 6) is 1.86. The van der Waals surface area contributed by atoms with Crippen LogP contribution >= 0.6 is 11.6 Å². The molecule has 0 fully saturated rings. The van der Waals surface area contributed by atoms with Crippen LogP contribution in [0.4, 0.5) is 0 Å². The summed E-state index contributed by atoms with van der Waals surface area (Å²) in [5.41, 5.74) is 1.20. The highest BCUT2D eigenvalue weighted by atomic mass is 35.5. The predicted octanol–water partition coefficient (Wildman–Crippen LogP) is 3.65. The average molecular weight is 257 g/mol. The van der Waals surface area contributed by atoms with Gasteiger partial charge in [0.1, 0.15) is 12.4 Å². The molecule has 0 N–H and O–H groups in total. The van der Waals surface area contributed by atoms with Gasteiger partial charge in [-0.3, -0.25) is 0 Å².